The van der Waals surface area contributed by atoms with E-state index in [-0.39, 0.29) is 25.0 Å². The Morgan fingerprint density at radius 1 is 0.970 bits per heavy atom. The lowest BCUT2D eigenvalue weighted by Gasteiger charge is -2.31. The standard InChI is InChI=1S/C26H27ClN2O4/c1-28-26(31)23(16-19-9-4-3-5-10-19)29(17-20-11-8-12-21(15-20)32-2)25(30)18-33-24-14-7-6-13-22(24)27/h3-15,23H,16-18H2,1-2H3,(H,28,31)/t23-/m0/s1. The Balaban J connectivity index is 1.89. The molecule has 3 aromatic carbocycles. The van der Waals surface area contributed by atoms with E-state index in [0.717, 1.165) is 11.1 Å². The van der Waals surface area contributed by atoms with Crippen molar-refractivity contribution in [3.63, 3.8) is 0 Å². The van der Waals surface area contributed by atoms with Crippen molar-refractivity contribution >= 4 is 23.4 Å². The van der Waals surface area contributed by atoms with Crippen LogP contribution in [0.25, 0.3) is 0 Å². The van der Waals surface area contributed by atoms with Crippen LogP contribution in [0, 0.1) is 0 Å². The van der Waals surface area contributed by atoms with Gasteiger partial charge < -0.3 is 19.7 Å². The second kappa shape index (κ2) is 11.9. The number of carbonyl (C=O) groups is 2. The summed E-state index contributed by atoms with van der Waals surface area (Å²) in [6, 6.07) is 23.2. The zero-order valence-corrected chi connectivity index (χ0v) is 19.4. The van der Waals surface area contributed by atoms with E-state index in [9.17, 15) is 9.59 Å². The highest BCUT2D eigenvalue weighted by Crippen LogP contribution is 2.24. The van der Waals surface area contributed by atoms with Gasteiger partial charge in [0.15, 0.2) is 6.61 Å². The molecule has 172 valence electrons. The Hall–Kier alpha value is -3.51. The normalized spacial score (nSPS) is 11.4. The number of rotatable bonds is 10. The summed E-state index contributed by atoms with van der Waals surface area (Å²) in [6.07, 6.45) is 0.363. The van der Waals surface area contributed by atoms with Crippen LogP contribution < -0.4 is 14.8 Å². The zero-order chi connectivity index (χ0) is 23.6. The molecular formula is C26H27ClN2O4. The first-order chi connectivity index (χ1) is 16.0. The minimum atomic E-state index is -0.731. The van der Waals surface area contributed by atoms with Crippen LogP contribution in [0.2, 0.25) is 5.02 Å². The fraction of sp³-hybridized carbons (Fsp3) is 0.231. The Bertz CT molecular complexity index is 1070. The van der Waals surface area contributed by atoms with Gasteiger partial charge >= 0.3 is 0 Å². The maximum atomic E-state index is 13.4. The number of hydrogen-bond acceptors (Lipinski definition) is 4. The van der Waals surface area contributed by atoms with E-state index in [0.29, 0.717) is 22.9 Å². The lowest BCUT2D eigenvalue weighted by molar-refractivity contribution is -0.142. The third-order valence-electron chi connectivity index (χ3n) is 5.19. The number of carbonyl (C=O) groups excluding carboxylic acids is 2. The summed E-state index contributed by atoms with van der Waals surface area (Å²) in [5.74, 6) is 0.496. The summed E-state index contributed by atoms with van der Waals surface area (Å²) in [5.41, 5.74) is 1.78. The van der Waals surface area contributed by atoms with Gasteiger partial charge in [-0.1, -0.05) is 66.2 Å². The van der Waals surface area contributed by atoms with E-state index in [1.165, 1.54) is 4.90 Å². The number of ether oxygens (including phenoxy) is 2. The van der Waals surface area contributed by atoms with Crippen molar-refractivity contribution in [1.29, 1.82) is 0 Å². The number of nitrogens with one attached hydrogen (secondary N) is 1. The first-order valence-corrected chi connectivity index (χ1v) is 10.9. The summed E-state index contributed by atoms with van der Waals surface area (Å²) in [4.78, 5) is 27.8. The number of para-hydroxylation sites is 1. The third-order valence-corrected chi connectivity index (χ3v) is 5.50. The van der Waals surface area contributed by atoms with Crippen molar-refractivity contribution in [2.24, 2.45) is 0 Å². The molecule has 0 aromatic heterocycles. The zero-order valence-electron chi connectivity index (χ0n) is 18.7. The van der Waals surface area contributed by atoms with E-state index in [2.05, 4.69) is 5.32 Å². The first kappa shape index (κ1) is 24.1. The molecule has 0 aliphatic heterocycles. The molecule has 0 saturated carbocycles. The van der Waals surface area contributed by atoms with E-state index in [1.54, 1.807) is 38.4 Å². The van der Waals surface area contributed by atoms with Gasteiger partial charge in [0.2, 0.25) is 5.91 Å². The van der Waals surface area contributed by atoms with E-state index < -0.39 is 6.04 Å². The summed E-state index contributed by atoms with van der Waals surface area (Å²) in [7, 11) is 3.15. The van der Waals surface area contributed by atoms with E-state index >= 15 is 0 Å². The fourth-order valence-electron chi connectivity index (χ4n) is 3.47. The van der Waals surface area contributed by atoms with Crippen molar-refractivity contribution in [2.45, 2.75) is 19.0 Å². The van der Waals surface area contributed by atoms with E-state index in [4.69, 9.17) is 21.1 Å². The molecule has 0 bridgehead atoms. The fourth-order valence-corrected chi connectivity index (χ4v) is 3.66. The van der Waals surface area contributed by atoms with Crippen molar-refractivity contribution in [2.75, 3.05) is 20.8 Å². The van der Waals surface area contributed by atoms with Gasteiger partial charge in [-0.2, -0.15) is 0 Å². The summed E-state index contributed by atoms with van der Waals surface area (Å²) >= 11 is 6.17. The van der Waals surface area contributed by atoms with Crippen LogP contribution in [0.1, 0.15) is 11.1 Å². The van der Waals surface area contributed by atoms with Crippen LogP contribution in [-0.4, -0.2) is 43.5 Å². The van der Waals surface area contributed by atoms with Crippen LogP contribution in [0.4, 0.5) is 0 Å². The minimum absolute atomic E-state index is 0.215. The van der Waals surface area contributed by atoms with Gasteiger partial charge in [-0.15, -0.1) is 0 Å². The van der Waals surface area contributed by atoms with Gasteiger partial charge in [-0.05, 0) is 35.4 Å². The van der Waals surface area contributed by atoms with Gasteiger partial charge in [0.25, 0.3) is 5.91 Å². The van der Waals surface area contributed by atoms with Crippen molar-refractivity contribution in [3.05, 3.63) is 95.0 Å². The topological polar surface area (TPSA) is 67.9 Å². The molecule has 3 rings (SSSR count). The lowest BCUT2D eigenvalue weighted by atomic mass is 10.0. The molecule has 6 nitrogen and oxygen atoms in total. The summed E-state index contributed by atoms with van der Waals surface area (Å²) < 4.78 is 11.0. The molecule has 2 amide bonds. The van der Waals surface area contributed by atoms with E-state index in [1.807, 2.05) is 54.6 Å². The predicted octanol–water partition coefficient (Wildman–Crippen LogP) is 4.11. The Morgan fingerprint density at radius 2 is 1.67 bits per heavy atom. The van der Waals surface area contributed by atoms with Gasteiger partial charge in [0, 0.05) is 20.0 Å². The molecule has 0 aliphatic rings. The maximum absolute atomic E-state index is 13.4. The molecule has 7 heteroatoms. The highest BCUT2D eigenvalue weighted by atomic mass is 35.5. The maximum Gasteiger partial charge on any atom is 0.261 e. The highest BCUT2D eigenvalue weighted by molar-refractivity contribution is 6.32. The Morgan fingerprint density at radius 3 is 2.36 bits per heavy atom. The van der Waals surface area contributed by atoms with Crippen LogP contribution in [-0.2, 0) is 22.6 Å². The quantitative estimate of drug-likeness (QED) is 0.488. The molecule has 0 saturated heterocycles. The second-order valence-electron chi connectivity index (χ2n) is 7.41. The minimum Gasteiger partial charge on any atom is -0.497 e. The molecular weight excluding hydrogens is 440 g/mol. The molecule has 0 unspecified atom stereocenters. The summed E-state index contributed by atoms with van der Waals surface area (Å²) in [5, 5.41) is 3.11. The van der Waals surface area contributed by atoms with Crippen LogP contribution in [0.15, 0.2) is 78.9 Å². The molecule has 3 aromatic rings. The number of likely N-dealkylation sites (N-methyl/N-ethyl adjacent to an activating group) is 1. The molecule has 0 fully saturated rings. The van der Waals surface area contributed by atoms with Crippen LogP contribution in [0.5, 0.6) is 11.5 Å². The Labute approximate surface area is 199 Å². The van der Waals surface area contributed by atoms with Gasteiger partial charge in [0.05, 0.1) is 12.1 Å². The highest BCUT2D eigenvalue weighted by Gasteiger charge is 2.30. The molecule has 1 N–H and O–H groups in total. The number of benzene rings is 3. The first-order valence-electron chi connectivity index (χ1n) is 10.6. The number of halogens is 1. The SMILES string of the molecule is CNC(=O)[C@H](Cc1ccccc1)N(Cc1cccc(OC)c1)C(=O)COc1ccccc1Cl. The van der Waals surface area contributed by atoms with Gasteiger partial charge in [-0.25, -0.2) is 0 Å². The second-order valence-corrected chi connectivity index (χ2v) is 7.82. The smallest absolute Gasteiger partial charge is 0.261 e. The molecule has 0 spiro atoms. The average molecular weight is 467 g/mol. The number of hydrogen-bond donors (Lipinski definition) is 1. The largest absolute Gasteiger partial charge is 0.497 e. The third kappa shape index (κ3) is 6.73. The number of nitrogens with zero attached hydrogens (tertiary/aromatic N) is 1. The van der Waals surface area contributed by atoms with Crippen molar-refractivity contribution in [1.82, 2.24) is 10.2 Å². The van der Waals surface area contributed by atoms with Crippen molar-refractivity contribution in [3.8, 4) is 11.5 Å². The number of amides is 2. The lowest BCUT2D eigenvalue weighted by Crippen LogP contribution is -2.51. The summed E-state index contributed by atoms with van der Waals surface area (Å²) in [6.45, 7) is -0.0389. The molecule has 0 heterocycles. The molecule has 1 atom stereocenters. The average Bonchev–Trinajstić information content (AvgIpc) is 2.85. The van der Waals surface area contributed by atoms with Gasteiger partial charge in [-0.3, -0.25) is 9.59 Å². The van der Waals surface area contributed by atoms with Gasteiger partial charge in [0.1, 0.15) is 17.5 Å². The monoisotopic (exact) mass is 466 g/mol. The Kier molecular flexibility index (Phi) is 8.72. The molecule has 0 radical (unpaired) electrons. The van der Waals surface area contributed by atoms with Crippen LogP contribution in [0.3, 0.4) is 0 Å². The van der Waals surface area contributed by atoms with Crippen molar-refractivity contribution < 1.29 is 19.1 Å². The molecule has 0 aliphatic carbocycles. The molecule has 33 heavy (non-hydrogen) atoms. The van der Waals surface area contributed by atoms with Crippen LogP contribution >= 0.6 is 11.6 Å². The number of methoxy groups -OCH3 is 1. The predicted molar refractivity (Wildman–Crippen MR) is 128 cm³/mol.